The Bertz CT molecular complexity index is 2400. The number of likely N-dealkylation sites (N-methyl/N-ethyl adjacent to an activating group) is 1. The molecule has 2 N–H and O–H groups in total. The van der Waals surface area contributed by atoms with Crippen molar-refractivity contribution in [1.29, 1.82) is 0 Å². The molecule has 1 aliphatic heterocycles. The molecule has 17 nitrogen and oxygen atoms in total. The van der Waals surface area contributed by atoms with Gasteiger partial charge in [-0.25, -0.2) is 14.3 Å². The first-order valence-corrected chi connectivity index (χ1v) is 20.8. The van der Waals surface area contributed by atoms with Crippen LogP contribution in [0.5, 0.6) is 11.5 Å². The highest BCUT2D eigenvalue weighted by atomic mass is 35.5. The van der Waals surface area contributed by atoms with Gasteiger partial charge in [-0.3, -0.25) is 9.59 Å². The average molecular weight is 886 g/mol. The largest absolute Gasteiger partial charge is 0.468 e. The lowest BCUT2D eigenvalue weighted by atomic mass is 9.92. The Hall–Kier alpha value is -6.27. The third-order valence-electron chi connectivity index (χ3n) is 10.1. The second-order valence-electron chi connectivity index (χ2n) is 15.8. The van der Waals surface area contributed by atoms with Gasteiger partial charge >= 0.3 is 12.2 Å². The molecule has 1 aliphatic rings. The normalized spacial score (nSPS) is 13.4. The van der Waals surface area contributed by atoms with E-state index in [1.54, 1.807) is 87.3 Å². The van der Waals surface area contributed by atoms with E-state index in [1.165, 1.54) is 27.8 Å². The molecule has 18 heteroatoms. The van der Waals surface area contributed by atoms with Gasteiger partial charge in [-0.1, -0.05) is 23.4 Å². The molecule has 0 fully saturated rings. The fourth-order valence-electron chi connectivity index (χ4n) is 6.94. The van der Waals surface area contributed by atoms with Crippen LogP contribution < -0.4 is 19.7 Å². The fourth-order valence-corrected chi connectivity index (χ4v) is 7.19. The molecule has 1 atom stereocenters. The van der Waals surface area contributed by atoms with E-state index in [2.05, 4.69) is 15.6 Å². The number of ether oxygens (including phenoxy) is 5. The second kappa shape index (κ2) is 20.7. The number of aliphatic hydroxyl groups excluding tert-OH is 1. The number of anilines is 2. The van der Waals surface area contributed by atoms with Gasteiger partial charge in [0.05, 0.1) is 37.4 Å². The van der Waals surface area contributed by atoms with Crippen molar-refractivity contribution in [3.63, 3.8) is 0 Å². The number of benzene rings is 4. The standard InChI is InChI=1S/C45H52ClN7O10/c1-29-8-7-9-35-38(62-44(58)51(20-22-60-23-21-54)19-18-50(5)43(57)63-45(2,3)4)24-37-40(39(29)35)31(25-46)26-52(37)42(56)36-27-53(49-48-36)33-14-12-32(13-15-33)47-41(55)30-10-16-34(17-11-30)61-28-59-6/h7-17,24,27,31,54H,18-23,25-26,28H2,1-6H3,(H,47,55)/t31-/m1/s1. The number of fused-ring (bicyclic) bond motifs is 3. The number of methoxy groups -OCH3 is 1. The van der Waals surface area contributed by atoms with E-state index >= 15 is 0 Å². The first-order valence-electron chi connectivity index (χ1n) is 20.3. The van der Waals surface area contributed by atoms with E-state index in [4.69, 9.17) is 35.3 Å². The second-order valence-corrected chi connectivity index (χ2v) is 16.1. The summed E-state index contributed by atoms with van der Waals surface area (Å²) in [5.74, 6) is 0.0240. The summed E-state index contributed by atoms with van der Waals surface area (Å²) in [6, 6.07) is 20.9. The molecule has 0 spiro atoms. The minimum Gasteiger partial charge on any atom is -0.468 e. The molecule has 5 aromatic rings. The molecule has 6 rings (SSSR count). The van der Waals surface area contributed by atoms with Gasteiger partial charge in [0.25, 0.3) is 11.8 Å². The molecule has 0 radical (unpaired) electrons. The molecule has 4 aromatic carbocycles. The predicted molar refractivity (Wildman–Crippen MR) is 236 cm³/mol. The summed E-state index contributed by atoms with van der Waals surface area (Å²) in [6.07, 6.45) is 0.275. The van der Waals surface area contributed by atoms with Gasteiger partial charge in [0.2, 0.25) is 0 Å². The zero-order chi connectivity index (χ0) is 45.3. The smallest absolute Gasteiger partial charge is 0.415 e. The molecular formula is C45H52ClN7O10. The van der Waals surface area contributed by atoms with Crippen LogP contribution in [-0.4, -0.2) is 132 Å². The molecule has 63 heavy (non-hydrogen) atoms. The van der Waals surface area contributed by atoms with Crippen LogP contribution in [0.15, 0.2) is 79.0 Å². The summed E-state index contributed by atoms with van der Waals surface area (Å²) < 4.78 is 28.8. The molecule has 0 saturated heterocycles. The van der Waals surface area contributed by atoms with E-state index in [0.717, 1.165) is 16.5 Å². The molecule has 4 amide bonds. The number of aryl methyl sites for hydroxylation is 1. The van der Waals surface area contributed by atoms with Gasteiger partial charge in [0.1, 0.15) is 17.1 Å². The summed E-state index contributed by atoms with van der Waals surface area (Å²) >= 11 is 6.58. The Balaban J connectivity index is 1.22. The van der Waals surface area contributed by atoms with Crippen molar-refractivity contribution in [3.05, 3.63) is 101 Å². The van der Waals surface area contributed by atoms with Crippen molar-refractivity contribution in [3.8, 4) is 17.2 Å². The number of carbonyl (C=O) groups excluding carboxylic acids is 4. The van der Waals surface area contributed by atoms with Crippen LogP contribution in [0, 0.1) is 6.92 Å². The summed E-state index contributed by atoms with van der Waals surface area (Å²) in [4.78, 5) is 58.3. The van der Waals surface area contributed by atoms with Crippen LogP contribution in [0.4, 0.5) is 21.0 Å². The lowest BCUT2D eigenvalue weighted by Gasteiger charge is -2.28. The highest BCUT2D eigenvalue weighted by Crippen LogP contribution is 2.47. The van der Waals surface area contributed by atoms with Gasteiger partial charge < -0.3 is 48.8 Å². The first kappa shape index (κ1) is 46.2. The van der Waals surface area contributed by atoms with Gasteiger partial charge in [-0.05, 0) is 92.7 Å². The van der Waals surface area contributed by atoms with Crippen LogP contribution in [-0.2, 0) is 14.2 Å². The van der Waals surface area contributed by atoms with Crippen molar-refractivity contribution in [2.24, 2.45) is 0 Å². The van der Waals surface area contributed by atoms with Crippen LogP contribution in [0.2, 0.25) is 0 Å². The van der Waals surface area contributed by atoms with Crippen molar-refractivity contribution in [2.75, 3.05) is 83.0 Å². The Kier molecular flexibility index (Phi) is 15.2. The number of nitrogens with zero attached hydrogens (tertiary/aromatic N) is 6. The third kappa shape index (κ3) is 11.4. The Labute approximate surface area is 370 Å². The number of aromatic nitrogens is 3. The van der Waals surface area contributed by atoms with Crippen LogP contribution in [0.3, 0.4) is 0 Å². The van der Waals surface area contributed by atoms with Gasteiger partial charge in [-0.15, -0.1) is 16.7 Å². The topological polar surface area (TPSA) is 187 Å². The van der Waals surface area contributed by atoms with Gasteiger partial charge in [0, 0.05) is 74.8 Å². The van der Waals surface area contributed by atoms with Crippen LogP contribution in [0.25, 0.3) is 16.5 Å². The van der Waals surface area contributed by atoms with Gasteiger partial charge in [0.15, 0.2) is 12.5 Å². The average Bonchev–Trinajstić information content (AvgIpc) is 3.91. The van der Waals surface area contributed by atoms with Crippen molar-refractivity contribution in [1.82, 2.24) is 24.8 Å². The summed E-state index contributed by atoms with van der Waals surface area (Å²) in [5.41, 5.74) is 3.22. The molecule has 334 valence electrons. The number of carbonyl (C=O) groups is 4. The SMILES string of the molecule is COCOc1ccc(C(=O)Nc2ccc(-n3cc(C(=O)N4C[C@@H](CCl)c5c4cc(OC(=O)N(CCOCCO)CCN(C)C(=O)OC(C)(C)C)c4cccc(C)c54)nn3)cc2)cc1. The Morgan fingerprint density at radius 3 is 2.40 bits per heavy atom. The van der Waals surface area contributed by atoms with Gasteiger partial charge in [-0.2, -0.15) is 0 Å². The molecule has 0 bridgehead atoms. The predicted octanol–water partition coefficient (Wildman–Crippen LogP) is 6.62. The number of amides is 4. The van der Waals surface area contributed by atoms with E-state index in [9.17, 15) is 24.3 Å². The number of rotatable bonds is 17. The number of halogens is 1. The first-order chi connectivity index (χ1) is 30.2. The monoisotopic (exact) mass is 885 g/mol. The molecule has 2 heterocycles. The van der Waals surface area contributed by atoms with Crippen LogP contribution in [0.1, 0.15) is 58.7 Å². The molecule has 1 aromatic heterocycles. The molecular weight excluding hydrogens is 834 g/mol. The van der Waals surface area contributed by atoms with Crippen molar-refractivity contribution in [2.45, 2.75) is 39.2 Å². The maximum Gasteiger partial charge on any atom is 0.415 e. The Morgan fingerprint density at radius 2 is 1.71 bits per heavy atom. The molecule has 0 unspecified atom stereocenters. The van der Waals surface area contributed by atoms with Crippen LogP contribution >= 0.6 is 11.6 Å². The Morgan fingerprint density at radius 1 is 0.968 bits per heavy atom. The number of hydrogen-bond donors (Lipinski definition) is 2. The molecule has 0 aliphatic carbocycles. The number of hydrogen-bond acceptors (Lipinski definition) is 12. The van der Waals surface area contributed by atoms with E-state index < -0.39 is 23.7 Å². The fraction of sp³-hybridized carbons (Fsp3) is 0.378. The van der Waals surface area contributed by atoms with E-state index in [-0.39, 0.29) is 81.9 Å². The van der Waals surface area contributed by atoms with E-state index in [1.807, 2.05) is 25.1 Å². The lowest BCUT2D eigenvalue weighted by molar-refractivity contribution is 0.0273. The van der Waals surface area contributed by atoms with E-state index in [0.29, 0.717) is 33.8 Å². The minimum atomic E-state index is -0.705. The zero-order valence-electron chi connectivity index (χ0n) is 36.1. The highest BCUT2D eigenvalue weighted by Gasteiger charge is 2.37. The maximum absolute atomic E-state index is 14.3. The number of nitrogens with one attached hydrogen (secondary N) is 1. The number of aliphatic hydroxyl groups is 1. The van der Waals surface area contributed by atoms with Crippen molar-refractivity contribution < 1.29 is 48.0 Å². The quantitative estimate of drug-likeness (QED) is 0.0578. The number of alkyl halides is 1. The third-order valence-corrected chi connectivity index (χ3v) is 10.4. The summed E-state index contributed by atoms with van der Waals surface area (Å²) in [7, 11) is 3.10. The minimum absolute atomic E-state index is 0.0677. The lowest BCUT2D eigenvalue weighted by Crippen LogP contribution is -2.43. The summed E-state index contributed by atoms with van der Waals surface area (Å²) in [5, 5.41) is 22.0. The molecule has 0 saturated carbocycles. The zero-order valence-corrected chi connectivity index (χ0v) is 36.9. The van der Waals surface area contributed by atoms with Crippen molar-refractivity contribution >= 4 is 57.7 Å². The highest BCUT2D eigenvalue weighted by molar-refractivity contribution is 6.19. The maximum atomic E-state index is 14.3. The summed E-state index contributed by atoms with van der Waals surface area (Å²) in [6.45, 7) is 7.95.